The molecule has 2 aromatic carbocycles. The molecule has 0 saturated heterocycles. The van der Waals surface area contributed by atoms with Crippen LogP contribution < -0.4 is 20.6 Å². The van der Waals surface area contributed by atoms with Crippen LogP contribution in [0.25, 0.3) is 69.5 Å². The molecule has 25 nitrogen and oxygen atoms in total. The highest BCUT2D eigenvalue weighted by atomic mass is 79.9. The quantitative estimate of drug-likeness (QED) is 0.0213. The van der Waals surface area contributed by atoms with Crippen LogP contribution in [0.4, 0.5) is 0 Å². The van der Waals surface area contributed by atoms with E-state index >= 15 is 0 Å². The van der Waals surface area contributed by atoms with E-state index in [1.807, 2.05) is 93.4 Å². The van der Waals surface area contributed by atoms with Crippen LogP contribution in [0.5, 0.6) is 11.5 Å². The van der Waals surface area contributed by atoms with E-state index < -0.39 is 11.9 Å². The van der Waals surface area contributed by atoms with E-state index in [9.17, 15) is 24.0 Å². The third kappa shape index (κ3) is 20.3. The fourth-order valence-corrected chi connectivity index (χ4v) is 10.8. The Morgan fingerprint density at radius 2 is 1.27 bits per heavy atom. The third-order valence-corrected chi connectivity index (χ3v) is 15.0. The second-order valence-corrected chi connectivity index (χ2v) is 21.9. The summed E-state index contributed by atoms with van der Waals surface area (Å²) in [5, 5.41) is 23.3. The van der Waals surface area contributed by atoms with Gasteiger partial charge in [-0.05, 0) is 94.1 Å². The van der Waals surface area contributed by atoms with Gasteiger partial charge in [-0.2, -0.15) is 10.2 Å². The van der Waals surface area contributed by atoms with Crippen molar-refractivity contribution < 1.29 is 33.3 Å². The van der Waals surface area contributed by atoms with E-state index in [0.717, 1.165) is 85.1 Å². The van der Waals surface area contributed by atoms with Crippen molar-refractivity contribution in [2.45, 2.75) is 75.7 Å². The van der Waals surface area contributed by atoms with Crippen LogP contribution in [0.2, 0.25) is 0 Å². The number of carbonyl (C=O) groups excluding carboxylic acids is 3. The zero-order chi connectivity index (χ0) is 59.9. The van der Waals surface area contributed by atoms with Gasteiger partial charge in [-0.3, -0.25) is 19.2 Å². The number of alkyl halides is 1. The molecule has 0 aliphatic carbocycles. The molecule has 0 saturated carbocycles. The Hall–Kier alpha value is -8.63. The fraction of sp³-hybridized carbons (Fsp3) is 0.327. The topological polar surface area (TPSA) is 328 Å². The monoisotopic (exact) mass is 1300 g/mol. The lowest BCUT2D eigenvalue weighted by Crippen LogP contribution is -2.24. The van der Waals surface area contributed by atoms with Crippen LogP contribution in [0, 0.1) is 27.7 Å². The van der Waals surface area contributed by atoms with Crippen molar-refractivity contribution in [1.82, 2.24) is 49.0 Å². The summed E-state index contributed by atoms with van der Waals surface area (Å²) in [4.78, 5) is 79.4. The van der Waals surface area contributed by atoms with Gasteiger partial charge in [-0.25, -0.2) is 34.5 Å². The average Bonchev–Trinajstić information content (AvgIpc) is 1.75. The molecule has 0 atom stereocenters. The minimum Gasteiger partial charge on any atom is -0.497 e. The Kier molecular flexibility index (Phi) is 30.8. The standard InChI is InChI=1S/C17H16N4O2S.C9H10N4O2S.C9H8N4OS.C8H9BrO.C5H5NOS.C4H7N3O2.3CH4/c1-10-19-16-15(24-10)13-8-18-21(17(22)14(13)20(16)2)9-11-5-4-6-12(7-11)23-3;1-3-15-9(14)8(12-13-10)4-7-5-11-6(2)16-7;1-4-11-8-7(15-4)5-3-10-12-9(14)6(5)13(8)2;1-10-8-4-2-3-7(5-8)6-9;1-4-6-2-5(3-7)8-4;1-2-9-4(8)3-6-7-5;;;/h4-8H,9H2,1-3H3;4-5H,3H2,1-2H3;3H,1-2H3,(H,12,14);2-5H,6H2,1H3;2-3H,1H3;2-3H2,1H3;3*1H4/b;8-4-;;;;;;;. The smallest absolute Gasteiger partial charge is 0.340 e. The number of hydrogen-bond acceptors (Lipinski definition) is 21. The van der Waals surface area contributed by atoms with E-state index in [0.29, 0.717) is 29.1 Å². The second kappa shape index (κ2) is 36.2. The molecule has 0 amide bonds. The number of rotatable bonds is 13. The van der Waals surface area contributed by atoms with Gasteiger partial charge in [0.1, 0.15) is 34.8 Å². The Balaban J connectivity index is 0.000000361. The number of hydrogen-bond donors (Lipinski definition) is 1. The third-order valence-electron chi connectivity index (χ3n) is 10.7. The molecule has 0 fully saturated rings. The molecule has 0 unspecified atom stereocenters. The van der Waals surface area contributed by atoms with Crippen LogP contribution in [0.3, 0.4) is 0 Å². The number of fused-ring (bicyclic) bond motifs is 6. The SMILES string of the molecule is C.C.C.CCOC(=O)/C(=C/c1cnc(C)s1)N=[N+]=[N-].CCOC(=O)CN=[N+]=[N-].COc1cccc(CBr)c1.COc1cccc(Cn2ncc3c4sc(C)nc4n(C)c3c2=O)c1.Cc1nc2c(s1)c1cn[nH]c(=O)c1n2C.Cc1ncc(C=O)s1. The van der Waals surface area contributed by atoms with Gasteiger partial charge in [-0.1, -0.05) is 72.7 Å². The summed E-state index contributed by atoms with van der Waals surface area (Å²) < 4.78 is 26.7. The number of esters is 2. The maximum atomic E-state index is 12.9. The summed E-state index contributed by atoms with van der Waals surface area (Å²) in [6.45, 7) is 11.7. The summed E-state index contributed by atoms with van der Waals surface area (Å²) in [6, 6.07) is 15.6. The van der Waals surface area contributed by atoms with Crippen LogP contribution in [-0.4, -0.2) is 101 Å². The van der Waals surface area contributed by atoms with Crippen molar-refractivity contribution in [3.05, 3.63) is 162 Å². The number of aryl methyl sites for hydroxylation is 6. The van der Waals surface area contributed by atoms with Gasteiger partial charge in [0.2, 0.25) is 0 Å². The zero-order valence-corrected chi connectivity index (χ0v) is 50.9. The van der Waals surface area contributed by atoms with E-state index in [-0.39, 0.29) is 52.2 Å². The summed E-state index contributed by atoms with van der Waals surface area (Å²) in [6.07, 6.45) is 8.89. The maximum absolute atomic E-state index is 12.9. The van der Waals surface area contributed by atoms with Crippen LogP contribution >= 0.6 is 61.3 Å². The lowest BCUT2D eigenvalue weighted by atomic mass is 10.2. The molecule has 85 heavy (non-hydrogen) atoms. The van der Waals surface area contributed by atoms with Gasteiger partial charge in [0.25, 0.3) is 11.1 Å². The summed E-state index contributed by atoms with van der Waals surface area (Å²) >= 11 is 9.35. The zero-order valence-electron chi connectivity index (χ0n) is 46.0. The number of thiazole rings is 4. The molecule has 10 rings (SSSR count). The molecule has 8 heterocycles. The molecule has 0 radical (unpaired) electrons. The van der Waals surface area contributed by atoms with Crippen molar-refractivity contribution in [1.29, 1.82) is 0 Å². The first-order valence-electron chi connectivity index (χ1n) is 24.3. The highest BCUT2D eigenvalue weighted by molar-refractivity contribution is 9.08. The maximum Gasteiger partial charge on any atom is 0.340 e. The number of H-pyrrole nitrogens is 1. The molecular formula is C55H67BrN16O9S4. The van der Waals surface area contributed by atoms with Gasteiger partial charge in [-0.15, -0.1) is 45.3 Å². The summed E-state index contributed by atoms with van der Waals surface area (Å²) in [7, 11) is 7.02. The number of benzene rings is 2. The predicted molar refractivity (Wildman–Crippen MR) is 344 cm³/mol. The Bertz CT molecular complexity index is 4050. The van der Waals surface area contributed by atoms with Crippen molar-refractivity contribution in [3.63, 3.8) is 0 Å². The number of nitrogens with zero attached hydrogens (tertiary/aromatic N) is 15. The first-order valence-corrected chi connectivity index (χ1v) is 28.7. The van der Waals surface area contributed by atoms with Crippen LogP contribution in [-0.2, 0) is 45.0 Å². The van der Waals surface area contributed by atoms with Crippen molar-refractivity contribution in [3.8, 4) is 11.5 Å². The molecule has 1 N–H and O–H groups in total. The van der Waals surface area contributed by atoms with Gasteiger partial charge >= 0.3 is 11.9 Å². The van der Waals surface area contributed by atoms with E-state index in [4.69, 9.17) is 25.3 Å². The van der Waals surface area contributed by atoms with Crippen molar-refractivity contribution in [2.24, 2.45) is 24.3 Å². The van der Waals surface area contributed by atoms with Gasteiger partial charge in [0.15, 0.2) is 17.6 Å². The largest absolute Gasteiger partial charge is 0.497 e. The molecule has 10 aromatic rings. The number of nitrogens with one attached hydrogen (secondary N) is 1. The van der Waals surface area contributed by atoms with Crippen LogP contribution in [0.1, 0.15) is 81.8 Å². The summed E-state index contributed by atoms with van der Waals surface area (Å²) in [5.41, 5.74) is 20.9. The number of carbonyl (C=O) groups is 3. The average molecular weight is 1300 g/mol. The number of halogens is 1. The number of azide groups is 2. The minimum atomic E-state index is -0.633. The molecule has 0 aliphatic rings. The van der Waals surface area contributed by atoms with E-state index in [1.165, 1.54) is 39.0 Å². The van der Waals surface area contributed by atoms with Crippen molar-refractivity contribution in [2.75, 3.05) is 34.0 Å². The molecule has 8 aromatic heterocycles. The number of methoxy groups -OCH3 is 2. The molecular weight excluding hydrogens is 1240 g/mol. The Labute approximate surface area is 514 Å². The molecule has 452 valence electrons. The van der Waals surface area contributed by atoms with Gasteiger partial charge in [0.05, 0.1) is 80.7 Å². The second-order valence-electron chi connectivity index (χ2n) is 16.4. The molecule has 0 spiro atoms. The highest BCUT2D eigenvalue weighted by Crippen LogP contribution is 2.31. The molecule has 0 bridgehead atoms. The van der Waals surface area contributed by atoms with Crippen molar-refractivity contribution >= 4 is 128 Å². The first-order chi connectivity index (χ1) is 39.4. The molecule has 30 heteroatoms. The highest BCUT2D eigenvalue weighted by Gasteiger charge is 2.18. The predicted octanol–water partition coefficient (Wildman–Crippen LogP) is 13.2. The Morgan fingerprint density at radius 3 is 1.76 bits per heavy atom. The van der Waals surface area contributed by atoms with Gasteiger partial charge in [0, 0.05) is 57.3 Å². The minimum absolute atomic E-state index is 0. The molecule has 0 aliphatic heterocycles. The van der Waals surface area contributed by atoms with E-state index in [1.54, 1.807) is 75.5 Å². The Morgan fingerprint density at radius 1 is 0.729 bits per heavy atom. The normalized spacial score (nSPS) is 10.1. The first kappa shape index (κ1) is 72.5. The summed E-state index contributed by atoms with van der Waals surface area (Å²) in [5.74, 6) is 0.555. The number of aromatic amines is 1. The fourth-order valence-electron chi connectivity index (χ4n) is 7.21. The van der Waals surface area contributed by atoms with Crippen LogP contribution in [0.15, 0.2) is 98.8 Å². The van der Waals surface area contributed by atoms with E-state index in [2.05, 4.69) is 82.0 Å². The van der Waals surface area contributed by atoms with Gasteiger partial charge < -0.3 is 28.1 Å². The number of ether oxygens (including phenoxy) is 4. The number of aromatic nitrogens is 10. The lowest BCUT2D eigenvalue weighted by molar-refractivity contribution is -0.141. The number of aldehydes is 1. The lowest BCUT2D eigenvalue weighted by Gasteiger charge is -2.07.